The number of fused-ring (bicyclic) bond motifs is 2. The molecule has 2 N–H and O–H groups in total. The number of nitrogens with zero attached hydrogens (tertiary/aromatic N) is 1. The van der Waals surface area contributed by atoms with E-state index in [1.54, 1.807) is 0 Å². The molecule has 3 rings (SSSR count). The van der Waals surface area contributed by atoms with Crippen molar-refractivity contribution in [3.05, 3.63) is 0 Å². The zero-order valence-corrected chi connectivity index (χ0v) is 10.6. The third-order valence-electron chi connectivity index (χ3n) is 5.48. The fraction of sp³-hybridized carbons (Fsp3) is 1.00. The third kappa shape index (κ3) is 1.91. The van der Waals surface area contributed by atoms with Crippen LogP contribution in [0.1, 0.15) is 38.5 Å². The molecule has 0 spiro atoms. The molecular weight excluding hydrogens is 196 g/mol. The number of hydrogen-bond acceptors (Lipinski definition) is 2. The minimum atomic E-state index is 0.516. The van der Waals surface area contributed by atoms with Gasteiger partial charge in [0.2, 0.25) is 0 Å². The highest BCUT2D eigenvalue weighted by molar-refractivity contribution is 4.99. The Morgan fingerprint density at radius 2 is 1.81 bits per heavy atom. The lowest BCUT2D eigenvalue weighted by Crippen LogP contribution is -2.43. The summed E-state index contributed by atoms with van der Waals surface area (Å²) in [4.78, 5) is 2.56. The van der Waals surface area contributed by atoms with E-state index in [2.05, 4.69) is 11.9 Å². The van der Waals surface area contributed by atoms with E-state index in [1.165, 1.54) is 51.6 Å². The van der Waals surface area contributed by atoms with Gasteiger partial charge in [-0.25, -0.2) is 0 Å². The van der Waals surface area contributed by atoms with E-state index < -0.39 is 0 Å². The van der Waals surface area contributed by atoms with Gasteiger partial charge in [0.1, 0.15) is 0 Å². The lowest BCUT2D eigenvalue weighted by atomic mass is 9.83. The van der Waals surface area contributed by atoms with Crippen molar-refractivity contribution in [1.29, 1.82) is 0 Å². The summed E-state index contributed by atoms with van der Waals surface area (Å²) in [6, 6.07) is 0.516. The molecule has 16 heavy (non-hydrogen) atoms. The Morgan fingerprint density at radius 1 is 1.06 bits per heavy atom. The molecule has 4 atom stereocenters. The number of rotatable bonds is 4. The summed E-state index contributed by atoms with van der Waals surface area (Å²) in [5, 5.41) is 0. The van der Waals surface area contributed by atoms with E-state index in [0.29, 0.717) is 6.04 Å². The number of nitrogens with two attached hydrogens (primary N) is 1. The Labute approximate surface area is 99.6 Å². The maximum Gasteiger partial charge on any atom is 0.0111 e. The molecule has 0 saturated heterocycles. The largest absolute Gasteiger partial charge is 0.327 e. The quantitative estimate of drug-likeness (QED) is 0.789. The maximum atomic E-state index is 6.36. The second-order valence-corrected chi connectivity index (χ2v) is 6.59. The second-order valence-electron chi connectivity index (χ2n) is 6.59. The zero-order chi connectivity index (χ0) is 11.1. The molecule has 0 aromatic heterocycles. The van der Waals surface area contributed by atoms with Gasteiger partial charge in [-0.05, 0) is 62.8 Å². The Morgan fingerprint density at radius 3 is 2.38 bits per heavy atom. The standard InChI is InChI=1S/C14H26N2/c1-16(8-10-3-2-4-10)9-13-11-5-6-12(7-11)14(13)15/h10-14H,2-9,15H2,1H3. The van der Waals surface area contributed by atoms with Gasteiger partial charge >= 0.3 is 0 Å². The SMILES string of the molecule is CN(CC1CCC1)CC1C2CCC(C2)C1N. The van der Waals surface area contributed by atoms with Crippen molar-refractivity contribution in [2.75, 3.05) is 20.1 Å². The summed E-state index contributed by atoms with van der Waals surface area (Å²) in [6.07, 6.45) is 8.70. The van der Waals surface area contributed by atoms with Crippen molar-refractivity contribution in [2.45, 2.75) is 44.6 Å². The van der Waals surface area contributed by atoms with Crippen LogP contribution in [0.2, 0.25) is 0 Å². The van der Waals surface area contributed by atoms with Gasteiger partial charge in [-0.15, -0.1) is 0 Å². The minimum Gasteiger partial charge on any atom is -0.327 e. The average molecular weight is 222 g/mol. The third-order valence-corrected chi connectivity index (χ3v) is 5.48. The summed E-state index contributed by atoms with van der Waals surface area (Å²) in [7, 11) is 2.30. The fourth-order valence-corrected chi connectivity index (χ4v) is 4.28. The molecule has 3 aliphatic carbocycles. The number of hydrogen-bond donors (Lipinski definition) is 1. The van der Waals surface area contributed by atoms with Gasteiger partial charge in [0.25, 0.3) is 0 Å². The van der Waals surface area contributed by atoms with Crippen LogP contribution in [-0.4, -0.2) is 31.1 Å². The molecule has 2 bridgehead atoms. The molecule has 0 aliphatic heterocycles. The average Bonchev–Trinajstić information content (AvgIpc) is 2.76. The monoisotopic (exact) mass is 222 g/mol. The van der Waals surface area contributed by atoms with Crippen molar-refractivity contribution in [1.82, 2.24) is 4.90 Å². The van der Waals surface area contributed by atoms with E-state index >= 15 is 0 Å². The van der Waals surface area contributed by atoms with Gasteiger partial charge in [-0.1, -0.05) is 6.42 Å². The van der Waals surface area contributed by atoms with Crippen molar-refractivity contribution in [2.24, 2.45) is 29.4 Å². The fourth-order valence-electron chi connectivity index (χ4n) is 4.28. The lowest BCUT2D eigenvalue weighted by molar-refractivity contribution is 0.154. The zero-order valence-electron chi connectivity index (χ0n) is 10.6. The molecule has 0 radical (unpaired) electrons. The van der Waals surface area contributed by atoms with Crippen LogP contribution in [0.25, 0.3) is 0 Å². The van der Waals surface area contributed by atoms with Crippen LogP contribution in [0, 0.1) is 23.7 Å². The van der Waals surface area contributed by atoms with Gasteiger partial charge < -0.3 is 10.6 Å². The van der Waals surface area contributed by atoms with Crippen LogP contribution in [0.5, 0.6) is 0 Å². The highest BCUT2D eigenvalue weighted by Crippen LogP contribution is 2.47. The van der Waals surface area contributed by atoms with E-state index in [-0.39, 0.29) is 0 Å². The highest BCUT2D eigenvalue weighted by Gasteiger charge is 2.45. The maximum absolute atomic E-state index is 6.36. The first kappa shape index (κ1) is 11.0. The van der Waals surface area contributed by atoms with Gasteiger partial charge in [-0.2, -0.15) is 0 Å². The van der Waals surface area contributed by atoms with E-state index in [1.807, 2.05) is 0 Å². The summed E-state index contributed by atoms with van der Waals surface area (Å²) >= 11 is 0. The smallest absolute Gasteiger partial charge is 0.0111 e. The molecule has 2 heteroatoms. The molecule has 3 fully saturated rings. The van der Waals surface area contributed by atoms with Crippen molar-refractivity contribution in [3.8, 4) is 0 Å². The molecule has 0 aromatic carbocycles. The Kier molecular flexibility index (Phi) is 2.97. The molecule has 92 valence electrons. The topological polar surface area (TPSA) is 29.3 Å². The molecule has 0 heterocycles. The van der Waals surface area contributed by atoms with Crippen LogP contribution in [0.3, 0.4) is 0 Å². The first-order valence-electron chi connectivity index (χ1n) is 7.18. The van der Waals surface area contributed by atoms with Gasteiger partial charge in [0.05, 0.1) is 0 Å². The molecule has 0 amide bonds. The second kappa shape index (κ2) is 4.30. The van der Waals surface area contributed by atoms with Crippen LogP contribution < -0.4 is 5.73 Å². The Balaban J connectivity index is 1.50. The van der Waals surface area contributed by atoms with E-state index in [9.17, 15) is 0 Å². The lowest BCUT2D eigenvalue weighted by Gasteiger charge is -2.35. The highest BCUT2D eigenvalue weighted by atomic mass is 15.1. The van der Waals surface area contributed by atoms with Crippen molar-refractivity contribution < 1.29 is 0 Å². The molecule has 3 aliphatic rings. The van der Waals surface area contributed by atoms with Crippen LogP contribution in [-0.2, 0) is 0 Å². The first-order valence-corrected chi connectivity index (χ1v) is 7.18. The molecular formula is C14H26N2. The van der Waals surface area contributed by atoms with Gasteiger partial charge in [-0.3, -0.25) is 0 Å². The molecule has 3 saturated carbocycles. The molecule has 0 aromatic rings. The van der Waals surface area contributed by atoms with Gasteiger partial charge in [0, 0.05) is 19.1 Å². The van der Waals surface area contributed by atoms with Crippen molar-refractivity contribution >= 4 is 0 Å². The van der Waals surface area contributed by atoms with Crippen LogP contribution >= 0.6 is 0 Å². The van der Waals surface area contributed by atoms with Gasteiger partial charge in [0.15, 0.2) is 0 Å². The predicted octanol–water partition coefficient (Wildman–Crippen LogP) is 2.09. The van der Waals surface area contributed by atoms with Crippen LogP contribution in [0.4, 0.5) is 0 Å². The molecule has 4 unspecified atom stereocenters. The Bertz CT molecular complexity index is 247. The van der Waals surface area contributed by atoms with Crippen molar-refractivity contribution in [3.63, 3.8) is 0 Å². The van der Waals surface area contributed by atoms with E-state index in [0.717, 1.165) is 23.7 Å². The van der Waals surface area contributed by atoms with Crippen LogP contribution in [0.15, 0.2) is 0 Å². The summed E-state index contributed by atoms with van der Waals surface area (Å²) in [5.41, 5.74) is 6.36. The summed E-state index contributed by atoms with van der Waals surface area (Å²) < 4.78 is 0. The summed E-state index contributed by atoms with van der Waals surface area (Å²) in [6.45, 7) is 2.58. The normalized spacial score (nSPS) is 42.9. The Hall–Kier alpha value is -0.0800. The van der Waals surface area contributed by atoms with E-state index in [4.69, 9.17) is 5.73 Å². The summed E-state index contributed by atoms with van der Waals surface area (Å²) in [5.74, 6) is 3.64. The minimum absolute atomic E-state index is 0.516. The first-order chi connectivity index (χ1) is 7.74. The predicted molar refractivity (Wildman–Crippen MR) is 67.1 cm³/mol. The molecule has 2 nitrogen and oxygen atoms in total.